The van der Waals surface area contributed by atoms with Crippen molar-refractivity contribution in [1.29, 1.82) is 0 Å². The second kappa shape index (κ2) is 8.44. The molecule has 0 radical (unpaired) electrons. The number of rotatable bonds is 6. The van der Waals surface area contributed by atoms with Gasteiger partial charge in [-0.15, -0.1) is 12.4 Å². The predicted molar refractivity (Wildman–Crippen MR) is 84.6 cm³/mol. The van der Waals surface area contributed by atoms with Crippen LogP contribution in [0.25, 0.3) is 0 Å². The van der Waals surface area contributed by atoms with Gasteiger partial charge in [-0.2, -0.15) is 4.98 Å². The Morgan fingerprint density at radius 3 is 2.62 bits per heavy atom. The van der Waals surface area contributed by atoms with E-state index in [-0.39, 0.29) is 25.1 Å². The Labute approximate surface area is 139 Å². The van der Waals surface area contributed by atoms with Crippen LogP contribution >= 0.6 is 35.6 Å². The van der Waals surface area contributed by atoms with Gasteiger partial charge in [-0.05, 0) is 26.1 Å². The lowest BCUT2D eigenvalue weighted by Gasteiger charge is -2.07. The molecule has 1 unspecified atom stereocenters. The van der Waals surface area contributed by atoms with Crippen LogP contribution in [0.5, 0.6) is 5.75 Å². The summed E-state index contributed by atoms with van der Waals surface area (Å²) in [5.41, 5.74) is 0. The fraction of sp³-hybridized carbons (Fsp3) is 0.385. The molecule has 0 saturated carbocycles. The van der Waals surface area contributed by atoms with E-state index in [1.807, 2.05) is 14.0 Å². The van der Waals surface area contributed by atoms with E-state index in [0.29, 0.717) is 33.9 Å². The van der Waals surface area contributed by atoms with Gasteiger partial charge < -0.3 is 14.6 Å². The summed E-state index contributed by atoms with van der Waals surface area (Å²) >= 11 is 12.0. The highest BCUT2D eigenvalue weighted by Crippen LogP contribution is 2.32. The van der Waals surface area contributed by atoms with E-state index in [1.165, 1.54) is 0 Å². The summed E-state index contributed by atoms with van der Waals surface area (Å²) in [7, 11) is 1.88. The third-order valence-electron chi connectivity index (χ3n) is 2.75. The molecule has 0 bridgehead atoms. The summed E-state index contributed by atoms with van der Waals surface area (Å²) in [5.74, 6) is 1.44. The Bertz CT molecular complexity index is 557. The maximum absolute atomic E-state index is 6.00. The van der Waals surface area contributed by atoms with Crippen LogP contribution in [0.1, 0.15) is 18.6 Å². The molecule has 0 aliphatic rings. The average molecular weight is 353 g/mol. The van der Waals surface area contributed by atoms with Crippen LogP contribution in [0.3, 0.4) is 0 Å². The Morgan fingerprint density at radius 1 is 1.33 bits per heavy atom. The SMILES string of the molecule is CNC(C)Cc1noc(COc2c(Cl)cccc2Cl)n1.Cl. The smallest absolute Gasteiger partial charge is 0.264 e. The second-order valence-electron chi connectivity index (χ2n) is 4.34. The average Bonchev–Trinajstić information content (AvgIpc) is 2.85. The van der Waals surface area contributed by atoms with E-state index >= 15 is 0 Å². The summed E-state index contributed by atoms with van der Waals surface area (Å²) in [6.07, 6.45) is 0.687. The van der Waals surface area contributed by atoms with Crippen molar-refractivity contribution in [3.8, 4) is 5.75 Å². The van der Waals surface area contributed by atoms with Gasteiger partial charge in [0.2, 0.25) is 0 Å². The number of para-hydroxylation sites is 1. The van der Waals surface area contributed by atoms with Crippen LogP contribution in [-0.4, -0.2) is 23.2 Å². The maximum Gasteiger partial charge on any atom is 0.264 e. The molecule has 1 N–H and O–H groups in total. The number of halogens is 3. The minimum atomic E-state index is 0. The van der Waals surface area contributed by atoms with Gasteiger partial charge >= 0.3 is 0 Å². The Morgan fingerprint density at radius 2 is 2.00 bits per heavy atom. The van der Waals surface area contributed by atoms with Crippen molar-refractivity contribution in [3.05, 3.63) is 40.0 Å². The monoisotopic (exact) mass is 351 g/mol. The molecule has 0 fully saturated rings. The Kier molecular flexibility index (Phi) is 7.25. The van der Waals surface area contributed by atoms with Gasteiger partial charge in [-0.25, -0.2) is 0 Å². The molecule has 2 rings (SSSR count). The third-order valence-corrected chi connectivity index (χ3v) is 3.35. The van der Waals surface area contributed by atoms with Crippen LogP contribution in [-0.2, 0) is 13.0 Å². The highest BCUT2D eigenvalue weighted by atomic mass is 35.5. The number of nitrogens with one attached hydrogen (secondary N) is 1. The van der Waals surface area contributed by atoms with Crippen LogP contribution in [0.15, 0.2) is 22.7 Å². The fourth-order valence-electron chi connectivity index (χ4n) is 1.56. The first kappa shape index (κ1) is 18.0. The van der Waals surface area contributed by atoms with Gasteiger partial charge in [0, 0.05) is 12.5 Å². The van der Waals surface area contributed by atoms with Crippen LogP contribution in [0, 0.1) is 0 Å². The number of hydrogen-bond donors (Lipinski definition) is 1. The van der Waals surface area contributed by atoms with Gasteiger partial charge in [0.15, 0.2) is 18.2 Å². The molecule has 1 heterocycles. The predicted octanol–water partition coefficient (Wildman–Crippen LogP) is 3.53. The molecule has 5 nitrogen and oxygen atoms in total. The first-order chi connectivity index (χ1) is 9.60. The van der Waals surface area contributed by atoms with E-state index in [9.17, 15) is 0 Å². The van der Waals surface area contributed by atoms with Crippen molar-refractivity contribution in [3.63, 3.8) is 0 Å². The number of likely N-dealkylation sites (N-methyl/N-ethyl adjacent to an activating group) is 1. The number of aromatic nitrogens is 2. The Balaban J connectivity index is 0.00000220. The molecule has 0 aliphatic heterocycles. The van der Waals surface area contributed by atoms with E-state index in [4.69, 9.17) is 32.5 Å². The lowest BCUT2D eigenvalue weighted by atomic mass is 10.2. The van der Waals surface area contributed by atoms with E-state index < -0.39 is 0 Å². The summed E-state index contributed by atoms with van der Waals surface area (Å²) in [6, 6.07) is 5.44. The molecule has 1 atom stereocenters. The van der Waals surface area contributed by atoms with E-state index in [2.05, 4.69) is 15.5 Å². The first-order valence-corrected chi connectivity index (χ1v) is 6.91. The van der Waals surface area contributed by atoms with Gasteiger partial charge in [0.25, 0.3) is 5.89 Å². The third kappa shape index (κ3) is 5.04. The molecule has 0 saturated heterocycles. The van der Waals surface area contributed by atoms with Gasteiger partial charge in [-0.1, -0.05) is 34.4 Å². The summed E-state index contributed by atoms with van der Waals surface area (Å²) in [4.78, 5) is 4.24. The quantitative estimate of drug-likeness (QED) is 0.862. The number of ether oxygens (including phenoxy) is 1. The van der Waals surface area contributed by atoms with Crippen molar-refractivity contribution in [1.82, 2.24) is 15.5 Å². The van der Waals surface area contributed by atoms with Gasteiger partial charge in [0.1, 0.15) is 0 Å². The van der Waals surface area contributed by atoms with Crippen molar-refractivity contribution in [2.75, 3.05) is 7.05 Å². The lowest BCUT2D eigenvalue weighted by molar-refractivity contribution is 0.242. The number of benzene rings is 1. The molecule has 116 valence electrons. The van der Waals surface area contributed by atoms with Crippen molar-refractivity contribution < 1.29 is 9.26 Å². The van der Waals surface area contributed by atoms with Crippen molar-refractivity contribution >= 4 is 35.6 Å². The van der Waals surface area contributed by atoms with Crippen molar-refractivity contribution in [2.24, 2.45) is 0 Å². The summed E-state index contributed by atoms with van der Waals surface area (Å²) < 4.78 is 10.6. The first-order valence-electron chi connectivity index (χ1n) is 6.15. The molecule has 0 spiro atoms. The van der Waals surface area contributed by atoms with E-state index in [1.54, 1.807) is 18.2 Å². The molecule has 0 amide bonds. The summed E-state index contributed by atoms with van der Waals surface area (Å²) in [5, 5.41) is 7.89. The highest BCUT2D eigenvalue weighted by molar-refractivity contribution is 6.37. The standard InChI is InChI=1S/C13H15Cl2N3O2.ClH/c1-8(16-2)6-11-17-12(20-18-11)7-19-13-9(14)4-3-5-10(13)15;/h3-5,8,16H,6-7H2,1-2H3;1H. The molecule has 0 aliphatic carbocycles. The molecule has 21 heavy (non-hydrogen) atoms. The summed E-state index contributed by atoms with van der Waals surface area (Å²) in [6.45, 7) is 2.17. The second-order valence-corrected chi connectivity index (χ2v) is 5.15. The zero-order valence-corrected chi connectivity index (χ0v) is 13.9. The molecule has 1 aromatic heterocycles. The van der Waals surface area contributed by atoms with Gasteiger partial charge in [0.05, 0.1) is 10.0 Å². The topological polar surface area (TPSA) is 60.2 Å². The Hall–Kier alpha value is -1.01. The molecule has 8 heteroatoms. The molecular formula is C13H16Cl3N3O2. The maximum atomic E-state index is 6.00. The normalized spacial score (nSPS) is 11.8. The van der Waals surface area contributed by atoms with Crippen LogP contribution < -0.4 is 10.1 Å². The molecular weight excluding hydrogens is 337 g/mol. The zero-order chi connectivity index (χ0) is 14.5. The van der Waals surface area contributed by atoms with Gasteiger partial charge in [-0.3, -0.25) is 0 Å². The van der Waals surface area contributed by atoms with Crippen molar-refractivity contribution in [2.45, 2.75) is 26.0 Å². The largest absolute Gasteiger partial charge is 0.481 e. The van der Waals surface area contributed by atoms with Crippen LogP contribution in [0.4, 0.5) is 0 Å². The van der Waals surface area contributed by atoms with E-state index in [0.717, 1.165) is 0 Å². The number of nitrogens with zero attached hydrogens (tertiary/aromatic N) is 2. The minimum Gasteiger partial charge on any atom is -0.481 e. The number of hydrogen-bond acceptors (Lipinski definition) is 5. The van der Waals surface area contributed by atoms with Crippen LogP contribution in [0.2, 0.25) is 10.0 Å². The zero-order valence-electron chi connectivity index (χ0n) is 11.6. The lowest BCUT2D eigenvalue weighted by Crippen LogP contribution is -2.24. The highest BCUT2D eigenvalue weighted by Gasteiger charge is 2.12. The molecule has 1 aromatic carbocycles. The fourth-order valence-corrected chi connectivity index (χ4v) is 2.07. The minimum absolute atomic E-state index is 0. The molecule has 2 aromatic rings.